The zero-order valence-corrected chi connectivity index (χ0v) is 70.4. The third kappa shape index (κ3) is 86.5. The molecule has 0 fully saturated rings. The van der Waals surface area contributed by atoms with E-state index in [4.69, 9.17) is 18.9 Å². The summed E-state index contributed by atoms with van der Waals surface area (Å²) in [6, 6.07) is 0. The Kier molecular flexibility index (Phi) is 83.6. The molecule has 0 aliphatic rings. The molecule has 9 nitrogen and oxygen atoms in total. The van der Waals surface area contributed by atoms with Gasteiger partial charge in [0.2, 0.25) is 0 Å². The summed E-state index contributed by atoms with van der Waals surface area (Å²) in [4.78, 5) is 37.7. The number of allylic oxidation sites excluding steroid dienone is 8. The van der Waals surface area contributed by atoms with Gasteiger partial charge in [0.25, 0.3) is 0 Å². The molecule has 104 heavy (non-hydrogen) atoms. The molecule has 0 rings (SSSR count). The van der Waals surface area contributed by atoms with Gasteiger partial charge < -0.3 is 33.3 Å². The van der Waals surface area contributed by atoms with Gasteiger partial charge in [0.1, 0.15) is 13.2 Å². The first-order valence-corrected chi connectivity index (χ1v) is 46.3. The first-order valence-electron chi connectivity index (χ1n) is 46.3. The lowest BCUT2D eigenvalue weighted by atomic mass is 10.0. The summed E-state index contributed by atoms with van der Waals surface area (Å²) in [5.74, 6) is -2.24. The fourth-order valence-corrected chi connectivity index (χ4v) is 14.4. The minimum Gasteiger partial charge on any atom is -0.545 e. The van der Waals surface area contributed by atoms with Crippen LogP contribution in [-0.2, 0) is 33.3 Å². The molecule has 0 saturated carbocycles. The number of hydrogen-bond acceptors (Lipinski definition) is 8. The van der Waals surface area contributed by atoms with E-state index in [0.717, 1.165) is 64.2 Å². The van der Waals surface area contributed by atoms with Crippen molar-refractivity contribution in [3.05, 3.63) is 48.6 Å². The number of hydrogen-bond donors (Lipinski definition) is 0. The van der Waals surface area contributed by atoms with Crippen molar-refractivity contribution in [1.82, 2.24) is 0 Å². The van der Waals surface area contributed by atoms with Gasteiger partial charge in [0.05, 0.1) is 40.3 Å². The number of rotatable bonds is 88. The highest BCUT2D eigenvalue weighted by molar-refractivity contribution is 5.70. The van der Waals surface area contributed by atoms with Gasteiger partial charge in [0, 0.05) is 12.8 Å². The van der Waals surface area contributed by atoms with Gasteiger partial charge in [-0.25, -0.2) is 0 Å². The van der Waals surface area contributed by atoms with Crippen molar-refractivity contribution >= 4 is 17.9 Å². The van der Waals surface area contributed by atoms with Crippen LogP contribution in [0.25, 0.3) is 0 Å². The van der Waals surface area contributed by atoms with Crippen LogP contribution in [0.3, 0.4) is 0 Å². The topological polar surface area (TPSA) is 111 Å². The monoisotopic (exact) mass is 1460 g/mol. The SMILES string of the molecule is CC/C=C\C/C=C\C/C=C\C/C=C\CCCCCCCCCCCCCCCCCCCCCCCCCCCCCCC(=O)OC(COC(=O)CCCCCCCCCCCCCCCCCCCCCCCCCCCCCCCCCCCCCCCC)COC(OCC[N+](C)(C)C)C(=O)[O-]. The molecule has 0 saturated heterocycles. The molecule has 0 aromatic rings. The molecule has 612 valence electrons. The van der Waals surface area contributed by atoms with Gasteiger partial charge in [-0.05, 0) is 51.4 Å². The van der Waals surface area contributed by atoms with Gasteiger partial charge >= 0.3 is 11.9 Å². The number of nitrogens with zero attached hydrogens (tertiary/aromatic N) is 1. The lowest BCUT2D eigenvalue weighted by molar-refractivity contribution is -0.870. The van der Waals surface area contributed by atoms with Crippen LogP contribution in [0.15, 0.2) is 48.6 Å². The van der Waals surface area contributed by atoms with E-state index in [-0.39, 0.29) is 32.2 Å². The fourth-order valence-electron chi connectivity index (χ4n) is 14.4. The summed E-state index contributed by atoms with van der Waals surface area (Å²) in [6.45, 7) is 4.73. The van der Waals surface area contributed by atoms with E-state index in [2.05, 4.69) is 62.5 Å². The number of carbonyl (C=O) groups is 3. The van der Waals surface area contributed by atoms with Crippen molar-refractivity contribution in [3.63, 3.8) is 0 Å². The Morgan fingerprint density at radius 1 is 0.298 bits per heavy atom. The number of carboxylic acids is 1. The van der Waals surface area contributed by atoms with E-state index in [1.54, 1.807) is 0 Å². The van der Waals surface area contributed by atoms with Crippen molar-refractivity contribution in [3.8, 4) is 0 Å². The first-order chi connectivity index (χ1) is 51.1. The maximum Gasteiger partial charge on any atom is 0.306 e. The maximum atomic E-state index is 13.0. The van der Waals surface area contributed by atoms with E-state index in [9.17, 15) is 19.5 Å². The third-order valence-electron chi connectivity index (χ3n) is 21.3. The number of likely N-dealkylation sites (N-methyl/N-ethyl adjacent to an activating group) is 1. The molecule has 0 aliphatic carbocycles. The number of quaternary nitrogens is 1. The molecule has 0 spiro atoms. The van der Waals surface area contributed by atoms with Crippen LogP contribution < -0.4 is 5.11 Å². The maximum absolute atomic E-state index is 13.0. The standard InChI is InChI=1S/C95H179NO8/c1-6-8-10-12-14-16-18-20-22-24-26-28-30-32-34-36-38-40-42-44-46-47-48-50-52-54-56-58-60-62-64-66-68-70-72-74-76-78-80-82-84-86-93(98)104-91(90-103-95(94(99)100)101-88-87-96(3,4)5)89-102-92(97)85-83-81-79-77-75-73-71-69-67-65-63-61-59-57-55-53-51-49-45-43-41-39-37-35-33-31-29-27-25-23-21-19-17-15-13-11-9-7-2/h8,10,14,16,20,22,26,28,91,95H,6-7,9,11-13,15,17-19,21,23-25,27,29-90H2,1-5H3/b10-8-,16-14-,22-20-,28-26-. The molecular weight excluding hydrogens is 1280 g/mol. The quantitative estimate of drug-likeness (QED) is 0.0195. The minimum atomic E-state index is -1.62. The highest BCUT2D eigenvalue weighted by Gasteiger charge is 2.22. The molecule has 0 aliphatic heterocycles. The second-order valence-corrected chi connectivity index (χ2v) is 32.9. The number of esters is 2. The summed E-state index contributed by atoms with van der Waals surface area (Å²) in [5, 5.41) is 11.9. The Hall–Kier alpha value is -2.75. The predicted octanol–water partition coefficient (Wildman–Crippen LogP) is 29.0. The number of aliphatic carboxylic acids is 1. The van der Waals surface area contributed by atoms with Crippen molar-refractivity contribution < 1.29 is 42.9 Å². The Morgan fingerprint density at radius 2 is 0.548 bits per heavy atom. The molecule has 0 heterocycles. The van der Waals surface area contributed by atoms with Crippen LogP contribution in [0.1, 0.15) is 483 Å². The molecule has 0 aromatic heterocycles. The highest BCUT2D eigenvalue weighted by atomic mass is 16.7. The van der Waals surface area contributed by atoms with Crippen LogP contribution in [-0.4, -0.2) is 82.3 Å². The highest BCUT2D eigenvalue weighted by Crippen LogP contribution is 2.22. The smallest absolute Gasteiger partial charge is 0.306 e. The van der Waals surface area contributed by atoms with Crippen LogP contribution in [0, 0.1) is 0 Å². The average Bonchev–Trinajstić information content (AvgIpc) is 0.971. The molecule has 0 amide bonds. The zero-order valence-electron chi connectivity index (χ0n) is 70.4. The summed E-state index contributed by atoms with van der Waals surface area (Å²) in [5.41, 5.74) is 0. The predicted molar refractivity (Wildman–Crippen MR) is 449 cm³/mol. The van der Waals surface area contributed by atoms with E-state index < -0.39 is 24.3 Å². The van der Waals surface area contributed by atoms with Crippen molar-refractivity contribution in [2.45, 2.75) is 495 Å². The molecule has 0 aromatic carbocycles. The summed E-state index contributed by atoms with van der Waals surface area (Å²) in [7, 11) is 5.96. The lowest BCUT2D eigenvalue weighted by Gasteiger charge is -2.26. The molecule has 0 radical (unpaired) electrons. The normalized spacial score (nSPS) is 12.7. The molecule has 0 N–H and O–H groups in total. The van der Waals surface area contributed by atoms with Crippen molar-refractivity contribution in [1.29, 1.82) is 0 Å². The first kappa shape index (κ1) is 101. The lowest BCUT2D eigenvalue weighted by Crippen LogP contribution is -2.44. The number of unbranched alkanes of at least 4 members (excludes halogenated alkanes) is 65. The Labute approximate surface area is 648 Å². The van der Waals surface area contributed by atoms with Crippen molar-refractivity contribution in [2.24, 2.45) is 0 Å². The third-order valence-corrected chi connectivity index (χ3v) is 21.3. The largest absolute Gasteiger partial charge is 0.545 e. The Morgan fingerprint density at radius 3 is 0.817 bits per heavy atom. The van der Waals surface area contributed by atoms with Gasteiger partial charge in [-0.2, -0.15) is 0 Å². The van der Waals surface area contributed by atoms with Gasteiger partial charge in [-0.1, -0.05) is 467 Å². The molecule has 9 heteroatoms. The zero-order chi connectivity index (χ0) is 75.3. The Bertz CT molecular complexity index is 1850. The van der Waals surface area contributed by atoms with Gasteiger partial charge in [-0.3, -0.25) is 9.59 Å². The van der Waals surface area contributed by atoms with E-state index >= 15 is 0 Å². The summed E-state index contributed by atoms with van der Waals surface area (Å²) >= 11 is 0. The summed E-state index contributed by atoms with van der Waals surface area (Å²) in [6.07, 6.45) is 112. The van der Waals surface area contributed by atoms with E-state index in [1.165, 1.54) is 392 Å². The minimum absolute atomic E-state index is 0.152. The molecule has 0 bridgehead atoms. The average molecular weight is 1460 g/mol. The molecule has 2 unspecified atom stereocenters. The molecular formula is C95H179NO8. The van der Waals surface area contributed by atoms with Crippen LogP contribution in [0.5, 0.6) is 0 Å². The number of carbonyl (C=O) groups excluding carboxylic acids is 3. The number of carboxylic acid groups (broad SMARTS) is 1. The van der Waals surface area contributed by atoms with E-state index in [0.29, 0.717) is 17.4 Å². The molecule has 2 atom stereocenters. The Balaban J connectivity index is 3.87. The summed E-state index contributed by atoms with van der Waals surface area (Å²) < 4.78 is 22.9. The second kappa shape index (κ2) is 85.9. The van der Waals surface area contributed by atoms with Crippen LogP contribution >= 0.6 is 0 Å². The van der Waals surface area contributed by atoms with E-state index in [1.807, 2.05) is 21.1 Å². The van der Waals surface area contributed by atoms with Crippen LogP contribution in [0.4, 0.5) is 0 Å². The number of ether oxygens (including phenoxy) is 4. The van der Waals surface area contributed by atoms with Gasteiger partial charge in [-0.15, -0.1) is 0 Å². The van der Waals surface area contributed by atoms with Crippen molar-refractivity contribution in [2.75, 3.05) is 47.5 Å². The van der Waals surface area contributed by atoms with Gasteiger partial charge in [0.15, 0.2) is 12.4 Å². The van der Waals surface area contributed by atoms with Crippen LogP contribution in [0.2, 0.25) is 0 Å². The fraction of sp³-hybridized carbons (Fsp3) is 0.884. The second-order valence-electron chi connectivity index (χ2n) is 32.9.